The average Bonchev–Trinajstić information content (AvgIpc) is 3.41. The number of fused-ring (bicyclic) bond motifs is 3. The Labute approximate surface area is 259 Å². The van der Waals surface area contributed by atoms with E-state index in [2.05, 4.69) is 187 Å². The summed E-state index contributed by atoms with van der Waals surface area (Å²) in [7, 11) is 0. The Morgan fingerprint density at radius 3 is 1.43 bits per heavy atom. The van der Waals surface area contributed by atoms with Gasteiger partial charge in [0.25, 0.3) is 0 Å². The van der Waals surface area contributed by atoms with Crippen molar-refractivity contribution in [1.82, 2.24) is 0 Å². The molecule has 1 N–H and O–H groups in total. The van der Waals surface area contributed by atoms with Crippen LogP contribution >= 0.6 is 0 Å². The zero-order valence-electron chi connectivity index (χ0n) is 24.3. The fraction of sp³-hybridized carbons (Fsp3) is 0.0233. The maximum Gasteiger partial charge on any atom is 0.0713 e. The first kappa shape index (κ1) is 26.0. The van der Waals surface area contributed by atoms with Gasteiger partial charge in [0.2, 0.25) is 0 Å². The highest BCUT2D eigenvalue weighted by Gasteiger charge is 2.45. The summed E-state index contributed by atoms with van der Waals surface area (Å²) in [5.41, 5.74) is 14.4. The van der Waals surface area contributed by atoms with Crippen molar-refractivity contribution in [1.29, 1.82) is 0 Å². The lowest BCUT2D eigenvalue weighted by atomic mass is 9.68. The Bertz CT molecular complexity index is 2030. The highest BCUT2D eigenvalue weighted by atomic mass is 14.9. The molecular weight excluding hydrogens is 530 g/mol. The summed E-state index contributed by atoms with van der Waals surface area (Å²) in [5.74, 6) is 0. The molecule has 0 saturated heterocycles. The van der Waals surface area contributed by atoms with Gasteiger partial charge >= 0.3 is 0 Å². The van der Waals surface area contributed by atoms with Crippen LogP contribution in [0.4, 0.5) is 11.4 Å². The Kier molecular flexibility index (Phi) is 6.43. The summed E-state index contributed by atoms with van der Waals surface area (Å²) < 4.78 is 0. The number of rotatable bonds is 6. The number of benzene rings is 7. The molecular formula is C43H31N. The third kappa shape index (κ3) is 4.25. The molecule has 1 aliphatic carbocycles. The molecule has 0 atom stereocenters. The second-order valence-corrected chi connectivity index (χ2v) is 11.4. The van der Waals surface area contributed by atoms with Gasteiger partial charge in [0, 0.05) is 11.4 Å². The third-order valence-corrected chi connectivity index (χ3v) is 8.95. The van der Waals surface area contributed by atoms with Crippen LogP contribution in [-0.4, -0.2) is 0 Å². The minimum absolute atomic E-state index is 0.381. The molecule has 1 heteroatoms. The van der Waals surface area contributed by atoms with E-state index in [0.717, 1.165) is 11.4 Å². The van der Waals surface area contributed by atoms with Crippen LogP contribution in [0, 0.1) is 0 Å². The van der Waals surface area contributed by atoms with Gasteiger partial charge in [-0.3, -0.25) is 0 Å². The zero-order valence-corrected chi connectivity index (χ0v) is 24.3. The number of anilines is 2. The molecule has 0 bridgehead atoms. The van der Waals surface area contributed by atoms with E-state index in [1.807, 2.05) is 0 Å². The van der Waals surface area contributed by atoms with E-state index in [4.69, 9.17) is 0 Å². The van der Waals surface area contributed by atoms with Crippen LogP contribution in [0.5, 0.6) is 0 Å². The van der Waals surface area contributed by atoms with Crippen molar-refractivity contribution in [3.05, 3.63) is 204 Å². The van der Waals surface area contributed by atoms with Crippen molar-refractivity contribution >= 4 is 11.4 Å². The van der Waals surface area contributed by atoms with Gasteiger partial charge < -0.3 is 5.32 Å². The van der Waals surface area contributed by atoms with Crippen LogP contribution in [0.1, 0.15) is 22.3 Å². The van der Waals surface area contributed by atoms with Crippen molar-refractivity contribution in [2.45, 2.75) is 5.41 Å². The molecule has 0 heterocycles. The number of hydrogen-bond donors (Lipinski definition) is 1. The Hall–Kier alpha value is -5.66. The maximum absolute atomic E-state index is 3.68. The highest BCUT2D eigenvalue weighted by molar-refractivity contribution is 5.87. The van der Waals surface area contributed by atoms with Crippen molar-refractivity contribution < 1.29 is 0 Å². The normalized spacial score (nSPS) is 12.7. The van der Waals surface area contributed by atoms with Crippen LogP contribution in [-0.2, 0) is 5.41 Å². The Morgan fingerprint density at radius 1 is 0.318 bits per heavy atom. The van der Waals surface area contributed by atoms with Crippen LogP contribution in [0.15, 0.2) is 182 Å². The molecule has 8 rings (SSSR count). The second kappa shape index (κ2) is 10.9. The average molecular weight is 562 g/mol. The molecule has 1 aliphatic rings. The van der Waals surface area contributed by atoms with Gasteiger partial charge in [0.05, 0.1) is 5.41 Å². The largest absolute Gasteiger partial charge is 0.356 e. The first-order chi connectivity index (χ1) is 21.8. The zero-order chi connectivity index (χ0) is 29.3. The topological polar surface area (TPSA) is 12.0 Å². The first-order valence-electron chi connectivity index (χ1n) is 15.2. The fourth-order valence-corrected chi connectivity index (χ4v) is 7.05. The molecule has 208 valence electrons. The van der Waals surface area contributed by atoms with Gasteiger partial charge in [0.1, 0.15) is 0 Å². The predicted octanol–water partition coefficient (Wildman–Crippen LogP) is 11.1. The third-order valence-electron chi connectivity index (χ3n) is 8.95. The Morgan fingerprint density at radius 2 is 0.795 bits per heavy atom. The van der Waals surface area contributed by atoms with E-state index in [-0.39, 0.29) is 5.41 Å². The summed E-state index contributed by atoms with van der Waals surface area (Å²) >= 11 is 0. The first-order valence-corrected chi connectivity index (χ1v) is 15.2. The smallest absolute Gasteiger partial charge is 0.0713 e. The summed E-state index contributed by atoms with van der Waals surface area (Å²) in [5, 5.41) is 3.68. The minimum Gasteiger partial charge on any atom is -0.356 e. The minimum atomic E-state index is -0.381. The van der Waals surface area contributed by atoms with E-state index >= 15 is 0 Å². The molecule has 0 radical (unpaired) electrons. The molecule has 0 unspecified atom stereocenters. The van der Waals surface area contributed by atoms with Crippen molar-refractivity contribution in [2.75, 3.05) is 5.32 Å². The van der Waals surface area contributed by atoms with E-state index in [9.17, 15) is 0 Å². The molecule has 1 nitrogen and oxygen atoms in total. The molecule has 44 heavy (non-hydrogen) atoms. The summed E-state index contributed by atoms with van der Waals surface area (Å²) in [4.78, 5) is 0. The van der Waals surface area contributed by atoms with Gasteiger partial charge in [0.15, 0.2) is 0 Å². The van der Waals surface area contributed by atoms with Gasteiger partial charge in [-0.05, 0) is 79.9 Å². The monoisotopic (exact) mass is 561 g/mol. The highest BCUT2D eigenvalue weighted by Crippen LogP contribution is 2.56. The van der Waals surface area contributed by atoms with Gasteiger partial charge in [-0.1, -0.05) is 158 Å². The van der Waals surface area contributed by atoms with Crippen LogP contribution in [0.3, 0.4) is 0 Å². The predicted molar refractivity (Wildman–Crippen MR) is 184 cm³/mol. The van der Waals surface area contributed by atoms with Gasteiger partial charge in [-0.2, -0.15) is 0 Å². The lowest BCUT2D eigenvalue weighted by molar-refractivity contribution is 0.768. The number of hydrogen-bond acceptors (Lipinski definition) is 1. The molecule has 0 saturated carbocycles. The second-order valence-electron chi connectivity index (χ2n) is 11.4. The van der Waals surface area contributed by atoms with E-state index < -0.39 is 0 Å². The molecule has 0 fully saturated rings. The van der Waals surface area contributed by atoms with Crippen molar-refractivity contribution in [2.24, 2.45) is 0 Å². The quantitative estimate of drug-likeness (QED) is 0.213. The van der Waals surface area contributed by atoms with Crippen molar-refractivity contribution in [3.63, 3.8) is 0 Å². The summed E-state index contributed by atoms with van der Waals surface area (Å²) in [6.45, 7) is 0. The fourth-order valence-electron chi connectivity index (χ4n) is 7.05. The van der Waals surface area contributed by atoms with E-state index in [1.54, 1.807) is 0 Å². The van der Waals surface area contributed by atoms with Gasteiger partial charge in [-0.15, -0.1) is 0 Å². The molecule has 7 aromatic carbocycles. The molecule has 0 aliphatic heterocycles. The van der Waals surface area contributed by atoms with Gasteiger partial charge in [-0.25, -0.2) is 0 Å². The van der Waals surface area contributed by atoms with E-state index in [0.29, 0.717) is 0 Å². The van der Waals surface area contributed by atoms with Crippen molar-refractivity contribution in [3.8, 4) is 33.4 Å². The summed E-state index contributed by atoms with van der Waals surface area (Å²) in [6, 6.07) is 65.6. The molecule has 7 aromatic rings. The Balaban J connectivity index is 1.18. The SMILES string of the molecule is c1ccc(-c2ccccc2-c2cccc(Nc3ccc(C4(c5ccccc5)c5ccccc5-c5ccccc54)cc3)c2)cc1. The van der Waals surface area contributed by atoms with E-state index in [1.165, 1.54) is 55.6 Å². The maximum atomic E-state index is 3.68. The number of nitrogens with one attached hydrogen (secondary N) is 1. The van der Waals surface area contributed by atoms with Crippen LogP contribution in [0.25, 0.3) is 33.4 Å². The molecule has 0 spiro atoms. The molecule has 0 aromatic heterocycles. The lowest BCUT2D eigenvalue weighted by Gasteiger charge is -2.34. The lowest BCUT2D eigenvalue weighted by Crippen LogP contribution is -2.28. The summed E-state index contributed by atoms with van der Waals surface area (Å²) in [6.07, 6.45) is 0. The van der Waals surface area contributed by atoms with Crippen LogP contribution < -0.4 is 5.32 Å². The van der Waals surface area contributed by atoms with Crippen LogP contribution in [0.2, 0.25) is 0 Å². The standard InChI is InChI=1S/C43H31N/c1-3-14-31(15-4-1)37-20-7-8-21-38(37)32-16-13-19-36(30-32)44-35-28-26-34(27-29-35)43(33-17-5-2-6-18-33)41-24-11-9-22-39(41)40-23-10-12-25-42(40)43/h1-30,44H. The molecule has 0 amide bonds.